The number of benzene rings is 1. The van der Waals surface area contributed by atoms with Crippen LogP contribution in [0, 0.1) is 0 Å². The van der Waals surface area contributed by atoms with Crippen LogP contribution in [0.1, 0.15) is 31.4 Å². The van der Waals surface area contributed by atoms with Crippen LogP contribution in [0.25, 0.3) is 0 Å². The fraction of sp³-hybridized carbons (Fsp3) is 0.474. The van der Waals surface area contributed by atoms with Gasteiger partial charge in [0.05, 0.1) is 20.4 Å². The first-order chi connectivity index (χ1) is 11.9. The second-order valence-electron chi connectivity index (χ2n) is 6.32. The minimum atomic E-state index is 0.115. The highest BCUT2D eigenvalue weighted by molar-refractivity contribution is 5.77. The summed E-state index contributed by atoms with van der Waals surface area (Å²) < 4.78 is 12.4. The van der Waals surface area contributed by atoms with Gasteiger partial charge in [-0.1, -0.05) is 0 Å². The number of methoxy groups -OCH3 is 2. The third-order valence-corrected chi connectivity index (χ3v) is 4.15. The standard InChI is InChI=1S/C19H27N3O3/c1-14(2)22(13-15-11-20-21(3)12-15)19(23)9-6-16-10-17(24-4)7-8-18(16)25-5/h7-8,10-12,14H,6,9,13H2,1-5H3. The zero-order valence-corrected chi connectivity index (χ0v) is 15.7. The van der Waals surface area contributed by atoms with Gasteiger partial charge in [0, 0.05) is 37.8 Å². The van der Waals surface area contributed by atoms with Crippen LogP contribution in [0.3, 0.4) is 0 Å². The molecule has 1 heterocycles. The van der Waals surface area contributed by atoms with Gasteiger partial charge in [-0.3, -0.25) is 9.48 Å². The minimum absolute atomic E-state index is 0.115. The molecule has 0 radical (unpaired) electrons. The van der Waals surface area contributed by atoms with Crippen LogP contribution in [0.4, 0.5) is 0 Å². The zero-order valence-electron chi connectivity index (χ0n) is 15.7. The van der Waals surface area contributed by atoms with Crippen molar-refractivity contribution in [2.24, 2.45) is 7.05 Å². The summed E-state index contributed by atoms with van der Waals surface area (Å²) in [5, 5.41) is 4.17. The quantitative estimate of drug-likeness (QED) is 0.738. The van der Waals surface area contributed by atoms with E-state index in [4.69, 9.17) is 9.47 Å². The molecule has 2 rings (SSSR count). The van der Waals surface area contributed by atoms with Gasteiger partial charge in [-0.2, -0.15) is 5.10 Å². The van der Waals surface area contributed by atoms with Crippen LogP contribution in [-0.2, 0) is 24.8 Å². The van der Waals surface area contributed by atoms with Gasteiger partial charge >= 0.3 is 0 Å². The summed E-state index contributed by atoms with van der Waals surface area (Å²) in [5.41, 5.74) is 2.00. The van der Waals surface area contributed by atoms with E-state index in [2.05, 4.69) is 5.10 Å². The first-order valence-corrected chi connectivity index (χ1v) is 8.42. The number of aromatic nitrogens is 2. The number of carbonyl (C=O) groups excluding carboxylic acids is 1. The Kier molecular flexibility index (Phi) is 6.44. The number of hydrogen-bond acceptors (Lipinski definition) is 4. The maximum Gasteiger partial charge on any atom is 0.223 e. The molecular formula is C19H27N3O3. The van der Waals surface area contributed by atoms with Crippen molar-refractivity contribution in [2.75, 3.05) is 14.2 Å². The maximum atomic E-state index is 12.7. The van der Waals surface area contributed by atoms with Crippen LogP contribution in [-0.4, -0.2) is 40.8 Å². The molecule has 0 saturated heterocycles. The third-order valence-electron chi connectivity index (χ3n) is 4.15. The van der Waals surface area contributed by atoms with Crippen LogP contribution < -0.4 is 9.47 Å². The lowest BCUT2D eigenvalue weighted by molar-refractivity contribution is -0.133. The molecule has 0 bridgehead atoms. The van der Waals surface area contributed by atoms with Gasteiger partial charge in [-0.05, 0) is 44.0 Å². The average Bonchev–Trinajstić information content (AvgIpc) is 3.02. The highest BCUT2D eigenvalue weighted by Gasteiger charge is 2.18. The lowest BCUT2D eigenvalue weighted by atomic mass is 10.1. The number of ether oxygens (including phenoxy) is 2. The van der Waals surface area contributed by atoms with Crippen LogP contribution in [0.2, 0.25) is 0 Å². The number of nitrogens with zero attached hydrogens (tertiary/aromatic N) is 3. The Bertz CT molecular complexity index is 710. The average molecular weight is 345 g/mol. The number of aryl methyl sites for hydroxylation is 2. The molecule has 0 saturated carbocycles. The smallest absolute Gasteiger partial charge is 0.223 e. The molecule has 0 aliphatic carbocycles. The van der Waals surface area contributed by atoms with Crippen molar-refractivity contribution < 1.29 is 14.3 Å². The van der Waals surface area contributed by atoms with Crippen molar-refractivity contribution in [1.82, 2.24) is 14.7 Å². The second kappa shape index (κ2) is 8.55. The molecular weight excluding hydrogens is 318 g/mol. The highest BCUT2D eigenvalue weighted by atomic mass is 16.5. The van der Waals surface area contributed by atoms with E-state index in [1.54, 1.807) is 25.1 Å². The topological polar surface area (TPSA) is 56.6 Å². The Balaban J connectivity index is 2.06. The zero-order chi connectivity index (χ0) is 18.4. The molecule has 1 aromatic carbocycles. The van der Waals surface area contributed by atoms with Crippen molar-refractivity contribution in [1.29, 1.82) is 0 Å². The van der Waals surface area contributed by atoms with Gasteiger partial charge in [0.25, 0.3) is 0 Å². The largest absolute Gasteiger partial charge is 0.497 e. The molecule has 0 atom stereocenters. The van der Waals surface area contributed by atoms with E-state index in [0.717, 1.165) is 22.6 Å². The second-order valence-corrected chi connectivity index (χ2v) is 6.32. The van der Waals surface area contributed by atoms with E-state index in [9.17, 15) is 4.79 Å². The molecule has 1 amide bonds. The molecule has 6 heteroatoms. The summed E-state index contributed by atoms with van der Waals surface area (Å²) in [5.74, 6) is 1.65. The maximum absolute atomic E-state index is 12.7. The van der Waals surface area contributed by atoms with E-state index < -0.39 is 0 Å². The Morgan fingerprint density at radius 2 is 2.04 bits per heavy atom. The van der Waals surface area contributed by atoms with Crippen molar-refractivity contribution in [3.63, 3.8) is 0 Å². The van der Waals surface area contributed by atoms with Gasteiger partial charge in [-0.25, -0.2) is 0 Å². The molecule has 2 aromatic rings. The van der Waals surface area contributed by atoms with E-state index >= 15 is 0 Å². The fourth-order valence-electron chi connectivity index (χ4n) is 2.77. The first kappa shape index (κ1) is 18.8. The van der Waals surface area contributed by atoms with E-state index in [0.29, 0.717) is 19.4 Å². The molecule has 6 nitrogen and oxygen atoms in total. The number of amides is 1. The van der Waals surface area contributed by atoms with Gasteiger partial charge in [0.1, 0.15) is 11.5 Å². The van der Waals surface area contributed by atoms with Crippen molar-refractivity contribution in [2.45, 2.75) is 39.3 Å². The molecule has 0 N–H and O–H groups in total. The predicted octanol–water partition coefficient (Wildman–Crippen LogP) is 2.81. The summed E-state index contributed by atoms with van der Waals surface area (Å²) in [6.45, 7) is 4.63. The Morgan fingerprint density at radius 3 is 2.60 bits per heavy atom. The van der Waals surface area contributed by atoms with E-state index in [-0.39, 0.29) is 11.9 Å². The van der Waals surface area contributed by atoms with Crippen molar-refractivity contribution in [3.8, 4) is 11.5 Å². The Morgan fingerprint density at radius 1 is 1.28 bits per heavy atom. The minimum Gasteiger partial charge on any atom is -0.497 e. The predicted molar refractivity (Wildman–Crippen MR) is 96.8 cm³/mol. The van der Waals surface area contributed by atoms with E-state index in [1.165, 1.54) is 0 Å². The van der Waals surface area contributed by atoms with Gasteiger partial charge < -0.3 is 14.4 Å². The van der Waals surface area contributed by atoms with Crippen LogP contribution in [0.15, 0.2) is 30.6 Å². The normalized spacial score (nSPS) is 10.8. The van der Waals surface area contributed by atoms with Gasteiger partial charge in [-0.15, -0.1) is 0 Å². The summed E-state index contributed by atoms with van der Waals surface area (Å²) in [6, 6.07) is 5.77. The van der Waals surface area contributed by atoms with Gasteiger partial charge in [0.15, 0.2) is 0 Å². The SMILES string of the molecule is COc1ccc(OC)c(CCC(=O)N(Cc2cnn(C)c2)C(C)C)c1. The molecule has 25 heavy (non-hydrogen) atoms. The molecule has 0 aliphatic rings. The summed E-state index contributed by atoms with van der Waals surface area (Å²) in [6.07, 6.45) is 4.76. The van der Waals surface area contributed by atoms with Crippen LogP contribution >= 0.6 is 0 Å². The fourth-order valence-corrected chi connectivity index (χ4v) is 2.77. The Labute approximate surface area is 149 Å². The summed E-state index contributed by atoms with van der Waals surface area (Å²) in [7, 11) is 5.14. The number of carbonyl (C=O) groups is 1. The molecule has 136 valence electrons. The summed E-state index contributed by atoms with van der Waals surface area (Å²) in [4.78, 5) is 14.6. The third kappa shape index (κ3) is 4.98. The molecule has 1 aromatic heterocycles. The molecule has 0 fully saturated rings. The number of hydrogen-bond donors (Lipinski definition) is 0. The Hall–Kier alpha value is -2.50. The van der Waals surface area contributed by atoms with Crippen molar-refractivity contribution >= 4 is 5.91 Å². The number of rotatable bonds is 8. The summed E-state index contributed by atoms with van der Waals surface area (Å²) >= 11 is 0. The molecule has 0 spiro atoms. The monoisotopic (exact) mass is 345 g/mol. The van der Waals surface area contributed by atoms with Crippen LogP contribution in [0.5, 0.6) is 11.5 Å². The lowest BCUT2D eigenvalue weighted by Gasteiger charge is -2.26. The molecule has 0 aliphatic heterocycles. The van der Waals surface area contributed by atoms with Gasteiger partial charge in [0.2, 0.25) is 5.91 Å². The lowest BCUT2D eigenvalue weighted by Crippen LogP contribution is -2.36. The first-order valence-electron chi connectivity index (χ1n) is 8.42. The molecule has 0 unspecified atom stereocenters. The highest BCUT2D eigenvalue weighted by Crippen LogP contribution is 2.25. The van der Waals surface area contributed by atoms with E-state index in [1.807, 2.05) is 50.2 Å². The van der Waals surface area contributed by atoms with Crippen molar-refractivity contribution in [3.05, 3.63) is 41.7 Å².